The second-order valence-corrected chi connectivity index (χ2v) is 15.8. The second kappa shape index (κ2) is 14.2. The zero-order valence-corrected chi connectivity index (χ0v) is 28.3. The third-order valence-electron chi connectivity index (χ3n) is 8.64. The third-order valence-corrected chi connectivity index (χ3v) is 10.5. The van der Waals surface area contributed by atoms with Crippen LogP contribution in [0.4, 0.5) is 20.6 Å². The summed E-state index contributed by atoms with van der Waals surface area (Å²) in [6.45, 7) is 5.74. The zero-order valence-electron chi connectivity index (χ0n) is 26.7. The Hall–Kier alpha value is -3.66. The summed E-state index contributed by atoms with van der Waals surface area (Å²) in [7, 11) is 0. The second-order valence-electron chi connectivity index (χ2n) is 13.3. The molecule has 3 amide bonds. The molecule has 0 bridgehead atoms. The molecule has 248 valence electrons. The highest BCUT2D eigenvalue weighted by Gasteiger charge is 2.44. The highest BCUT2D eigenvalue weighted by atomic mass is 35.5. The first-order valence-corrected chi connectivity index (χ1v) is 17.2. The summed E-state index contributed by atoms with van der Waals surface area (Å²) < 4.78 is 32.0. The van der Waals surface area contributed by atoms with Crippen molar-refractivity contribution in [2.75, 3.05) is 17.2 Å². The van der Waals surface area contributed by atoms with E-state index < -0.39 is 51.5 Å². The summed E-state index contributed by atoms with van der Waals surface area (Å²) in [4.78, 5) is 28.2. The van der Waals surface area contributed by atoms with Gasteiger partial charge in [-0.3, -0.25) is 4.79 Å². The molecule has 1 aliphatic carbocycles. The van der Waals surface area contributed by atoms with Gasteiger partial charge >= 0.3 is 6.03 Å². The van der Waals surface area contributed by atoms with Crippen molar-refractivity contribution in [1.82, 2.24) is 9.62 Å². The number of anilines is 2. The average molecular weight is 679 g/mol. The molecule has 2 aliphatic rings. The maximum atomic E-state index is 15.5. The lowest BCUT2D eigenvalue weighted by atomic mass is 9.79. The number of benzene rings is 3. The Labute approximate surface area is 283 Å². The van der Waals surface area contributed by atoms with Crippen LogP contribution in [0.15, 0.2) is 66.7 Å². The predicted octanol–water partition coefficient (Wildman–Crippen LogP) is 6.41. The summed E-state index contributed by atoms with van der Waals surface area (Å²) in [5.74, 6) is -0.725. The molecule has 4 atom stereocenters. The van der Waals surface area contributed by atoms with E-state index in [1.165, 1.54) is 11.0 Å². The maximum absolute atomic E-state index is 15.5. The first-order chi connectivity index (χ1) is 22.3. The Balaban J connectivity index is 1.48. The van der Waals surface area contributed by atoms with E-state index in [0.29, 0.717) is 39.7 Å². The summed E-state index contributed by atoms with van der Waals surface area (Å²) in [5.41, 5.74) is 7.27. The van der Waals surface area contributed by atoms with Crippen molar-refractivity contribution in [2.45, 2.75) is 75.2 Å². The Bertz CT molecular complexity index is 1660. The number of nitrogens with two attached hydrogens (primary N) is 1. The molecule has 2 unspecified atom stereocenters. The van der Waals surface area contributed by atoms with Gasteiger partial charge < -0.3 is 25.8 Å². The predicted molar refractivity (Wildman–Crippen MR) is 184 cm³/mol. The smallest absolute Gasteiger partial charge is 0.322 e. The standard InChI is InChI=1S/C35H40ClFN6O3S/c1-34(2,3)47(46)42-35(16-15-22-7-8-22,24-6-4-5-23(17-24)20-38)25-9-14-29(37)30(18-25)41-32(44)31-19-27(39)21-43(31)33(45)40-28-12-10-26(36)11-13-28/h4-6,9-14,17-18,22,27,31,42H,7-8,15-16,19,21,39H2,1-3H3,(H,40,45)(H,41,44)/t27-,31+,35?,47?/m0/s1. The van der Waals surface area contributed by atoms with Crippen molar-refractivity contribution >= 4 is 46.3 Å². The average Bonchev–Trinajstić information content (AvgIpc) is 3.79. The molecule has 0 aromatic heterocycles. The molecular formula is C35H40ClFN6O3S. The molecule has 3 aromatic rings. The molecule has 3 aromatic carbocycles. The number of amides is 3. The Kier molecular flexibility index (Phi) is 10.5. The lowest BCUT2D eigenvalue weighted by Gasteiger charge is -2.39. The van der Waals surface area contributed by atoms with Crippen LogP contribution in [-0.2, 0) is 21.7 Å². The van der Waals surface area contributed by atoms with Gasteiger partial charge in [0, 0.05) is 34.7 Å². The van der Waals surface area contributed by atoms with E-state index in [-0.39, 0.29) is 18.7 Å². The van der Waals surface area contributed by atoms with E-state index in [9.17, 15) is 19.4 Å². The van der Waals surface area contributed by atoms with Gasteiger partial charge in [0.1, 0.15) is 22.1 Å². The fourth-order valence-corrected chi connectivity index (χ4v) is 6.88. The largest absolute Gasteiger partial charge is 0.598 e. The van der Waals surface area contributed by atoms with Crippen molar-refractivity contribution in [3.63, 3.8) is 0 Å². The first kappa shape index (κ1) is 34.7. The van der Waals surface area contributed by atoms with Crippen LogP contribution in [0.5, 0.6) is 0 Å². The van der Waals surface area contributed by atoms with Crippen molar-refractivity contribution in [1.29, 1.82) is 5.26 Å². The van der Waals surface area contributed by atoms with E-state index in [1.807, 2.05) is 26.8 Å². The summed E-state index contributed by atoms with van der Waals surface area (Å²) in [5, 5.41) is 15.7. The summed E-state index contributed by atoms with van der Waals surface area (Å²) in [6.07, 6.45) is 3.75. The number of urea groups is 1. The van der Waals surface area contributed by atoms with E-state index in [2.05, 4.69) is 21.4 Å². The molecule has 9 nitrogen and oxygen atoms in total. The molecule has 1 saturated carbocycles. The lowest BCUT2D eigenvalue weighted by molar-refractivity contribution is -0.119. The number of nitrogens with zero attached hydrogens (tertiary/aromatic N) is 2. The van der Waals surface area contributed by atoms with Crippen molar-refractivity contribution < 1.29 is 18.5 Å². The van der Waals surface area contributed by atoms with Gasteiger partial charge in [-0.2, -0.15) is 5.26 Å². The molecule has 5 rings (SSSR count). The molecular weight excluding hydrogens is 639 g/mol. The van der Waals surface area contributed by atoms with Gasteiger partial charge in [0.15, 0.2) is 0 Å². The normalized spacial score (nSPS) is 19.8. The molecule has 1 heterocycles. The van der Waals surface area contributed by atoms with Gasteiger partial charge in [-0.05, 0) is 106 Å². The van der Waals surface area contributed by atoms with Gasteiger partial charge in [0.05, 0.1) is 17.3 Å². The topological polar surface area (TPSA) is 146 Å². The molecule has 0 radical (unpaired) electrons. The maximum Gasteiger partial charge on any atom is 0.322 e. The summed E-state index contributed by atoms with van der Waals surface area (Å²) >= 11 is 4.41. The van der Waals surface area contributed by atoms with Crippen LogP contribution in [0.25, 0.3) is 0 Å². The number of hydrogen-bond donors (Lipinski definition) is 4. The molecule has 1 aliphatic heterocycles. The van der Waals surface area contributed by atoms with Crippen LogP contribution in [0.1, 0.15) is 69.6 Å². The number of likely N-dealkylation sites (tertiary alicyclic amines) is 1. The Morgan fingerprint density at radius 3 is 2.45 bits per heavy atom. The van der Waals surface area contributed by atoms with Crippen LogP contribution in [-0.4, -0.2) is 44.8 Å². The number of nitrogens with one attached hydrogen (secondary N) is 3. The minimum Gasteiger partial charge on any atom is -0.598 e. The van der Waals surface area contributed by atoms with E-state index in [1.54, 1.807) is 54.6 Å². The molecule has 12 heteroatoms. The SMILES string of the molecule is CC(C)(C)[S+]([O-])NC(CCC1CC1)(c1cccc(C#N)c1)c1ccc(F)c(NC(=O)[C@H]2C[C@H](N)CN2C(=O)Nc2ccc(Cl)cc2)c1. The molecule has 5 N–H and O–H groups in total. The van der Waals surface area contributed by atoms with Crippen molar-refractivity contribution in [2.24, 2.45) is 11.7 Å². The minimum atomic E-state index is -1.55. The molecule has 2 fully saturated rings. The Morgan fingerprint density at radius 1 is 1.09 bits per heavy atom. The van der Waals surface area contributed by atoms with Crippen molar-refractivity contribution in [3.8, 4) is 6.07 Å². The first-order valence-electron chi connectivity index (χ1n) is 15.7. The Morgan fingerprint density at radius 2 is 1.79 bits per heavy atom. The number of carbonyl (C=O) groups is 2. The van der Waals surface area contributed by atoms with Crippen LogP contribution in [0.3, 0.4) is 0 Å². The van der Waals surface area contributed by atoms with Gasteiger partial charge in [0.25, 0.3) is 0 Å². The number of rotatable bonds is 10. The number of halogens is 2. The third kappa shape index (κ3) is 8.26. The van der Waals surface area contributed by atoms with E-state index in [4.69, 9.17) is 17.3 Å². The molecule has 0 spiro atoms. The molecule has 47 heavy (non-hydrogen) atoms. The van der Waals surface area contributed by atoms with Gasteiger partial charge in [0.2, 0.25) is 5.91 Å². The minimum absolute atomic E-state index is 0.0818. The van der Waals surface area contributed by atoms with Gasteiger partial charge in [-0.25, -0.2) is 9.18 Å². The van der Waals surface area contributed by atoms with Gasteiger partial charge in [-0.1, -0.05) is 42.6 Å². The summed E-state index contributed by atoms with van der Waals surface area (Å²) in [6, 6.07) is 18.4. The fraction of sp³-hybridized carbons (Fsp3) is 0.400. The van der Waals surface area contributed by atoms with Gasteiger partial charge in [-0.15, -0.1) is 4.72 Å². The van der Waals surface area contributed by atoms with E-state index in [0.717, 1.165) is 19.3 Å². The van der Waals surface area contributed by atoms with Crippen LogP contribution in [0, 0.1) is 23.1 Å². The van der Waals surface area contributed by atoms with E-state index >= 15 is 4.39 Å². The molecule has 1 saturated heterocycles. The van der Waals surface area contributed by atoms with Crippen LogP contribution in [0.2, 0.25) is 5.02 Å². The van der Waals surface area contributed by atoms with Crippen molar-refractivity contribution in [3.05, 3.63) is 94.3 Å². The fourth-order valence-electron chi connectivity index (χ4n) is 5.79. The highest BCUT2D eigenvalue weighted by Crippen LogP contribution is 2.43. The van der Waals surface area contributed by atoms with Crippen LogP contribution >= 0.6 is 11.6 Å². The number of nitriles is 1. The number of hydrogen-bond acceptors (Lipinski definition) is 6. The van der Waals surface area contributed by atoms with Crippen LogP contribution < -0.4 is 21.1 Å². The number of carbonyl (C=O) groups excluding carboxylic acids is 2. The zero-order chi connectivity index (χ0) is 33.9. The monoisotopic (exact) mass is 678 g/mol. The highest BCUT2D eigenvalue weighted by molar-refractivity contribution is 7.90. The lowest BCUT2D eigenvalue weighted by Crippen LogP contribution is -2.52. The quantitative estimate of drug-likeness (QED) is 0.182.